The summed E-state index contributed by atoms with van der Waals surface area (Å²) < 4.78 is 19.3. The molecule has 1 aliphatic carbocycles. The first-order chi connectivity index (χ1) is 18.2. The van der Waals surface area contributed by atoms with Gasteiger partial charge in [-0.2, -0.15) is 0 Å². The molecule has 2 N–H and O–H groups in total. The highest BCUT2D eigenvalue weighted by atomic mass is 16.6. The summed E-state index contributed by atoms with van der Waals surface area (Å²) in [5.74, 6) is 0. The van der Waals surface area contributed by atoms with Gasteiger partial charge in [-0.25, -0.2) is 0 Å². The van der Waals surface area contributed by atoms with Crippen molar-refractivity contribution in [1.82, 2.24) is 4.90 Å². The van der Waals surface area contributed by atoms with Gasteiger partial charge in [0.05, 0.1) is 25.9 Å². The predicted octanol–water partition coefficient (Wildman–Crippen LogP) is 3.94. The van der Waals surface area contributed by atoms with Crippen molar-refractivity contribution in [2.24, 2.45) is 0 Å². The molecule has 0 spiro atoms. The standard InChI is InChI=1S/C31H37NO5/c33-27-26(32-18-10-11-19-32)28(34)30(36-21-24-14-6-2-7-15-24)31(37-22-25-16-8-3-9-17-25)29(27)35-20-23-12-4-1-5-13-23/h1-9,12-17,26-31,33-34H,10-11,18-22H2/t26?,27-,28+,29+,30-,31?. The van der Waals surface area contributed by atoms with Gasteiger partial charge in [0, 0.05) is 0 Å². The Bertz CT molecular complexity index is 1000. The minimum atomic E-state index is -0.922. The van der Waals surface area contributed by atoms with E-state index in [-0.39, 0.29) is 0 Å². The summed E-state index contributed by atoms with van der Waals surface area (Å²) >= 11 is 0. The fraction of sp³-hybridized carbons (Fsp3) is 0.419. The quantitative estimate of drug-likeness (QED) is 0.437. The van der Waals surface area contributed by atoms with Crippen molar-refractivity contribution in [2.75, 3.05) is 13.1 Å². The lowest BCUT2D eigenvalue weighted by Gasteiger charge is -2.49. The molecule has 0 bridgehead atoms. The van der Waals surface area contributed by atoms with Gasteiger partial charge in [-0.05, 0) is 42.6 Å². The van der Waals surface area contributed by atoms with Gasteiger partial charge in [-0.1, -0.05) is 91.0 Å². The average molecular weight is 504 g/mol. The monoisotopic (exact) mass is 503 g/mol. The summed E-state index contributed by atoms with van der Waals surface area (Å²) in [7, 11) is 0. The van der Waals surface area contributed by atoms with E-state index in [0.717, 1.165) is 42.6 Å². The maximum Gasteiger partial charge on any atom is 0.115 e. The zero-order valence-electron chi connectivity index (χ0n) is 21.1. The van der Waals surface area contributed by atoms with Crippen LogP contribution in [0.4, 0.5) is 0 Å². The fourth-order valence-electron chi connectivity index (χ4n) is 5.51. The summed E-state index contributed by atoms with van der Waals surface area (Å²) in [5, 5.41) is 23.3. The maximum absolute atomic E-state index is 11.6. The zero-order chi connectivity index (χ0) is 25.5. The molecular weight excluding hydrogens is 466 g/mol. The lowest BCUT2D eigenvalue weighted by atomic mass is 9.81. The van der Waals surface area contributed by atoms with Crippen LogP contribution in [0.25, 0.3) is 0 Å². The first-order valence-electron chi connectivity index (χ1n) is 13.3. The van der Waals surface area contributed by atoms with E-state index in [1.165, 1.54) is 0 Å². The number of benzene rings is 3. The third-order valence-electron chi connectivity index (χ3n) is 7.44. The SMILES string of the molecule is O[C@@H]1C(N2CCCC2)[C@H](O)[C@@H](OCc2ccccc2)C(OCc2ccccc2)[C@H]1OCc1ccccc1. The number of nitrogens with zero attached hydrogens (tertiary/aromatic N) is 1. The normalized spacial score (nSPS) is 28.4. The first-order valence-corrected chi connectivity index (χ1v) is 13.3. The third-order valence-corrected chi connectivity index (χ3v) is 7.44. The van der Waals surface area contributed by atoms with Crippen molar-refractivity contribution in [3.05, 3.63) is 108 Å². The fourth-order valence-corrected chi connectivity index (χ4v) is 5.51. The largest absolute Gasteiger partial charge is 0.389 e. The van der Waals surface area contributed by atoms with Crippen molar-refractivity contribution < 1.29 is 24.4 Å². The molecule has 37 heavy (non-hydrogen) atoms. The van der Waals surface area contributed by atoms with Crippen LogP contribution in [0.3, 0.4) is 0 Å². The number of aliphatic hydroxyl groups is 2. The molecule has 0 amide bonds. The molecule has 2 fully saturated rings. The smallest absolute Gasteiger partial charge is 0.115 e. The molecule has 6 heteroatoms. The highest BCUT2D eigenvalue weighted by Gasteiger charge is 2.54. The summed E-state index contributed by atoms with van der Waals surface area (Å²) in [4.78, 5) is 2.18. The molecule has 2 aliphatic rings. The molecule has 1 saturated carbocycles. The van der Waals surface area contributed by atoms with Crippen LogP contribution in [0.5, 0.6) is 0 Å². The van der Waals surface area contributed by atoms with E-state index < -0.39 is 36.6 Å². The van der Waals surface area contributed by atoms with Crippen LogP contribution >= 0.6 is 0 Å². The van der Waals surface area contributed by atoms with Crippen LogP contribution in [-0.2, 0) is 34.0 Å². The molecule has 6 nitrogen and oxygen atoms in total. The van der Waals surface area contributed by atoms with Gasteiger partial charge in [-0.3, -0.25) is 4.90 Å². The Kier molecular flexibility index (Phi) is 9.00. The second-order valence-corrected chi connectivity index (χ2v) is 10.00. The van der Waals surface area contributed by atoms with Crippen LogP contribution in [0.15, 0.2) is 91.0 Å². The second-order valence-electron chi connectivity index (χ2n) is 10.00. The summed E-state index contributed by atoms with van der Waals surface area (Å²) in [6.45, 7) is 2.68. The zero-order valence-corrected chi connectivity index (χ0v) is 21.1. The highest BCUT2D eigenvalue weighted by Crippen LogP contribution is 2.34. The molecule has 5 rings (SSSR count). The van der Waals surface area contributed by atoms with E-state index in [2.05, 4.69) is 4.90 Å². The number of hydrogen-bond acceptors (Lipinski definition) is 6. The van der Waals surface area contributed by atoms with Crippen LogP contribution in [0.1, 0.15) is 29.5 Å². The van der Waals surface area contributed by atoms with Gasteiger partial charge in [-0.15, -0.1) is 0 Å². The average Bonchev–Trinajstić information content (AvgIpc) is 3.47. The van der Waals surface area contributed by atoms with Gasteiger partial charge in [0.25, 0.3) is 0 Å². The number of ether oxygens (including phenoxy) is 3. The highest BCUT2D eigenvalue weighted by molar-refractivity contribution is 5.16. The van der Waals surface area contributed by atoms with Gasteiger partial charge >= 0.3 is 0 Å². The van der Waals surface area contributed by atoms with E-state index in [1.807, 2.05) is 91.0 Å². The Balaban J connectivity index is 1.42. The first kappa shape index (κ1) is 26.0. The second kappa shape index (κ2) is 12.8. The van der Waals surface area contributed by atoms with E-state index in [0.29, 0.717) is 19.8 Å². The Morgan fingerprint density at radius 2 is 0.892 bits per heavy atom. The Morgan fingerprint density at radius 1 is 0.541 bits per heavy atom. The summed E-state index contributed by atoms with van der Waals surface area (Å²) in [5.41, 5.74) is 3.04. The molecule has 3 aromatic carbocycles. The van der Waals surface area contributed by atoms with Crippen LogP contribution in [0, 0.1) is 0 Å². The van der Waals surface area contributed by atoms with Crippen molar-refractivity contribution in [3.8, 4) is 0 Å². The Morgan fingerprint density at radius 3 is 1.27 bits per heavy atom. The molecular formula is C31H37NO5. The lowest BCUT2D eigenvalue weighted by molar-refractivity contribution is -0.251. The van der Waals surface area contributed by atoms with Crippen molar-refractivity contribution in [1.29, 1.82) is 0 Å². The van der Waals surface area contributed by atoms with Gasteiger partial charge in [0.1, 0.15) is 30.5 Å². The van der Waals surface area contributed by atoms with Crippen LogP contribution in [0.2, 0.25) is 0 Å². The number of aliphatic hydroxyl groups excluding tert-OH is 2. The molecule has 1 heterocycles. The molecule has 1 aliphatic heterocycles. The minimum Gasteiger partial charge on any atom is -0.389 e. The topological polar surface area (TPSA) is 71.4 Å². The maximum atomic E-state index is 11.6. The van der Waals surface area contributed by atoms with E-state index >= 15 is 0 Å². The van der Waals surface area contributed by atoms with Crippen LogP contribution < -0.4 is 0 Å². The molecule has 3 aromatic rings. The van der Waals surface area contributed by atoms with E-state index in [9.17, 15) is 10.2 Å². The predicted molar refractivity (Wildman–Crippen MR) is 142 cm³/mol. The van der Waals surface area contributed by atoms with Crippen molar-refractivity contribution >= 4 is 0 Å². The summed E-state index contributed by atoms with van der Waals surface area (Å²) in [6.07, 6.45) is -1.73. The summed E-state index contributed by atoms with van der Waals surface area (Å²) in [6, 6.07) is 29.3. The molecule has 196 valence electrons. The number of hydrogen-bond donors (Lipinski definition) is 2. The Hall–Kier alpha value is -2.58. The molecule has 2 unspecified atom stereocenters. The van der Waals surface area contributed by atoms with Crippen LogP contribution in [-0.4, -0.2) is 64.8 Å². The number of likely N-dealkylation sites (tertiary alicyclic amines) is 1. The minimum absolute atomic E-state index is 0.329. The lowest BCUT2D eigenvalue weighted by Crippen LogP contribution is -2.69. The van der Waals surface area contributed by atoms with Gasteiger partial charge in [0.15, 0.2) is 0 Å². The van der Waals surface area contributed by atoms with E-state index in [1.54, 1.807) is 0 Å². The molecule has 6 atom stereocenters. The molecule has 0 radical (unpaired) electrons. The molecule has 1 saturated heterocycles. The third kappa shape index (κ3) is 6.47. The van der Waals surface area contributed by atoms with E-state index in [4.69, 9.17) is 14.2 Å². The molecule has 0 aromatic heterocycles. The van der Waals surface area contributed by atoms with Gasteiger partial charge in [0.2, 0.25) is 0 Å². The number of rotatable bonds is 10. The van der Waals surface area contributed by atoms with Crippen molar-refractivity contribution in [3.63, 3.8) is 0 Å². The Labute approximate surface area is 219 Å². The van der Waals surface area contributed by atoms with Gasteiger partial charge < -0.3 is 24.4 Å². The van der Waals surface area contributed by atoms with Crippen molar-refractivity contribution in [2.45, 2.75) is 69.2 Å².